The van der Waals surface area contributed by atoms with Gasteiger partial charge >= 0.3 is 0 Å². The lowest BCUT2D eigenvalue weighted by atomic mass is 10.2. The number of hydrogen-bond donors (Lipinski definition) is 3. The van der Waals surface area contributed by atoms with Crippen LogP contribution in [0.4, 0.5) is 11.4 Å². The molecular formula is C14H11N3O4S. The zero-order chi connectivity index (χ0) is 16.1. The fourth-order valence-electron chi connectivity index (χ4n) is 1.67. The van der Waals surface area contributed by atoms with Gasteiger partial charge in [-0.05, 0) is 30.4 Å². The molecule has 112 valence electrons. The smallest absolute Gasteiger partial charge is 0.270 e. The topological polar surface area (TPSA) is 104 Å². The highest BCUT2D eigenvalue weighted by molar-refractivity contribution is 7.80. The molecule has 0 saturated carbocycles. The molecule has 22 heavy (non-hydrogen) atoms. The van der Waals surface area contributed by atoms with E-state index >= 15 is 0 Å². The third-order valence-electron chi connectivity index (χ3n) is 2.70. The number of benzene rings is 2. The summed E-state index contributed by atoms with van der Waals surface area (Å²) in [6, 6.07) is 11.7. The van der Waals surface area contributed by atoms with E-state index in [0.717, 1.165) is 6.07 Å². The molecule has 0 fully saturated rings. The third kappa shape index (κ3) is 3.76. The van der Waals surface area contributed by atoms with Gasteiger partial charge in [0.2, 0.25) is 0 Å². The number of nitrogens with one attached hydrogen (secondary N) is 2. The van der Waals surface area contributed by atoms with Crippen LogP contribution in [0.25, 0.3) is 0 Å². The van der Waals surface area contributed by atoms with Crippen LogP contribution in [0.15, 0.2) is 48.5 Å². The maximum atomic E-state index is 12.0. The van der Waals surface area contributed by atoms with Gasteiger partial charge in [-0.1, -0.05) is 18.2 Å². The van der Waals surface area contributed by atoms with Gasteiger partial charge in [-0.2, -0.15) is 0 Å². The van der Waals surface area contributed by atoms with Crippen molar-refractivity contribution in [3.05, 3.63) is 64.2 Å². The van der Waals surface area contributed by atoms with Crippen molar-refractivity contribution in [3.63, 3.8) is 0 Å². The predicted molar refractivity (Wildman–Crippen MR) is 84.9 cm³/mol. The molecule has 2 aromatic carbocycles. The van der Waals surface area contributed by atoms with Crippen LogP contribution in [0.1, 0.15) is 10.4 Å². The van der Waals surface area contributed by atoms with Crippen LogP contribution in [0, 0.1) is 10.1 Å². The van der Waals surface area contributed by atoms with Crippen LogP contribution < -0.4 is 10.6 Å². The number of non-ortho nitro benzene ring substituents is 1. The summed E-state index contributed by atoms with van der Waals surface area (Å²) in [6.07, 6.45) is 0. The zero-order valence-electron chi connectivity index (χ0n) is 11.1. The minimum Gasteiger partial charge on any atom is -0.506 e. The first-order valence-electron chi connectivity index (χ1n) is 6.12. The third-order valence-corrected chi connectivity index (χ3v) is 2.90. The number of thiocarbonyl (C=S) groups is 1. The van der Waals surface area contributed by atoms with Gasteiger partial charge in [-0.3, -0.25) is 20.2 Å². The molecule has 3 N–H and O–H groups in total. The minimum atomic E-state index is -0.588. The van der Waals surface area contributed by atoms with E-state index in [1.54, 1.807) is 18.2 Å². The highest BCUT2D eigenvalue weighted by atomic mass is 32.1. The summed E-state index contributed by atoms with van der Waals surface area (Å²) in [4.78, 5) is 22.1. The summed E-state index contributed by atoms with van der Waals surface area (Å²) >= 11 is 4.97. The number of nitrogens with zero attached hydrogens (tertiary/aromatic N) is 1. The van der Waals surface area contributed by atoms with Gasteiger partial charge in [0.15, 0.2) is 5.11 Å². The van der Waals surface area contributed by atoms with Crippen molar-refractivity contribution >= 4 is 34.6 Å². The quantitative estimate of drug-likeness (QED) is 0.347. The predicted octanol–water partition coefficient (Wildman–Crippen LogP) is 2.43. The van der Waals surface area contributed by atoms with Crippen LogP contribution in [0.3, 0.4) is 0 Å². The SMILES string of the molecule is O=C(NC(=S)Nc1ccccc1O)c1cccc([N+](=O)[O-])c1. The Morgan fingerprint density at radius 3 is 2.59 bits per heavy atom. The molecule has 1 amide bonds. The summed E-state index contributed by atoms with van der Waals surface area (Å²) in [6.45, 7) is 0. The monoisotopic (exact) mass is 317 g/mol. The molecule has 0 aliphatic carbocycles. The molecule has 0 atom stereocenters. The number of aromatic hydroxyl groups is 1. The van der Waals surface area contributed by atoms with E-state index in [2.05, 4.69) is 10.6 Å². The number of para-hydroxylation sites is 2. The van der Waals surface area contributed by atoms with Crippen molar-refractivity contribution < 1.29 is 14.8 Å². The maximum Gasteiger partial charge on any atom is 0.270 e. The van der Waals surface area contributed by atoms with Gasteiger partial charge in [0.25, 0.3) is 11.6 Å². The minimum absolute atomic E-state index is 0.0190. The van der Waals surface area contributed by atoms with Crippen molar-refractivity contribution in [2.24, 2.45) is 0 Å². The molecule has 0 bridgehead atoms. The van der Waals surface area contributed by atoms with Gasteiger partial charge in [-0.15, -0.1) is 0 Å². The van der Waals surface area contributed by atoms with Gasteiger partial charge in [0, 0.05) is 17.7 Å². The second-order valence-corrected chi connectivity index (χ2v) is 4.64. The number of anilines is 1. The van der Waals surface area contributed by atoms with Gasteiger partial charge < -0.3 is 10.4 Å². The summed E-state index contributed by atoms with van der Waals surface area (Å²) in [7, 11) is 0. The first kappa shape index (κ1) is 15.4. The highest BCUT2D eigenvalue weighted by Crippen LogP contribution is 2.21. The average Bonchev–Trinajstić information content (AvgIpc) is 2.49. The number of phenols is 1. The van der Waals surface area contributed by atoms with E-state index < -0.39 is 10.8 Å². The number of phenolic OH excluding ortho intramolecular Hbond substituents is 1. The Morgan fingerprint density at radius 2 is 1.91 bits per heavy atom. The number of carbonyl (C=O) groups is 1. The molecule has 0 aliphatic heterocycles. The van der Waals surface area contributed by atoms with Crippen molar-refractivity contribution in [1.29, 1.82) is 0 Å². The molecule has 0 unspecified atom stereocenters. The Morgan fingerprint density at radius 1 is 1.18 bits per heavy atom. The second-order valence-electron chi connectivity index (χ2n) is 4.23. The van der Waals surface area contributed by atoms with E-state index in [9.17, 15) is 20.0 Å². The standard InChI is InChI=1S/C14H11N3O4S/c18-12-7-2-1-6-11(12)15-14(22)16-13(19)9-4-3-5-10(8-9)17(20)21/h1-8,18H,(H2,15,16,19,22). The van der Waals surface area contributed by atoms with Crippen molar-refractivity contribution in [2.75, 3.05) is 5.32 Å². The van der Waals surface area contributed by atoms with Gasteiger partial charge in [0.05, 0.1) is 10.6 Å². The van der Waals surface area contributed by atoms with Crippen molar-refractivity contribution in [3.8, 4) is 5.75 Å². The van der Waals surface area contributed by atoms with E-state index in [1.807, 2.05) is 0 Å². The highest BCUT2D eigenvalue weighted by Gasteiger charge is 2.13. The molecule has 0 spiro atoms. The molecule has 0 heterocycles. The van der Waals surface area contributed by atoms with Gasteiger partial charge in [-0.25, -0.2) is 0 Å². The lowest BCUT2D eigenvalue weighted by molar-refractivity contribution is -0.384. The van der Waals surface area contributed by atoms with Gasteiger partial charge in [0.1, 0.15) is 5.75 Å². The fraction of sp³-hybridized carbons (Fsp3) is 0. The Balaban J connectivity index is 2.06. The Hall–Kier alpha value is -3.00. The van der Waals surface area contributed by atoms with E-state index in [-0.39, 0.29) is 22.1 Å². The van der Waals surface area contributed by atoms with E-state index in [4.69, 9.17) is 12.2 Å². The molecule has 0 radical (unpaired) electrons. The summed E-state index contributed by atoms with van der Waals surface area (Å²) in [5, 5.41) is 25.3. The fourth-order valence-corrected chi connectivity index (χ4v) is 1.87. The normalized spacial score (nSPS) is 9.82. The molecule has 2 aromatic rings. The largest absolute Gasteiger partial charge is 0.506 e. The van der Waals surface area contributed by atoms with Crippen molar-refractivity contribution in [2.45, 2.75) is 0 Å². The van der Waals surface area contributed by atoms with E-state index in [1.165, 1.54) is 24.3 Å². The van der Waals surface area contributed by atoms with E-state index in [0.29, 0.717) is 5.69 Å². The first-order chi connectivity index (χ1) is 10.5. The number of amides is 1. The zero-order valence-corrected chi connectivity index (χ0v) is 12.0. The maximum absolute atomic E-state index is 12.0. The van der Waals surface area contributed by atoms with Crippen LogP contribution in [-0.2, 0) is 0 Å². The van der Waals surface area contributed by atoms with Crippen LogP contribution in [-0.4, -0.2) is 21.0 Å². The number of rotatable bonds is 3. The summed E-state index contributed by atoms with van der Waals surface area (Å²) in [5.74, 6) is -0.605. The molecule has 7 nitrogen and oxygen atoms in total. The molecule has 0 aliphatic rings. The molecule has 0 saturated heterocycles. The lowest BCUT2D eigenvalue weighted by Crippen LogP contribution is -2.34. The lowest BCUT2D eigenvalue weighted by Gasteiger charge is -2.10. The van der Waals surface area contributed by atoms with Crippen LogP contribution in [0.5, 0.6) is 5.75 Å². The molecule has 8 heteroatoms. The Labute approximate surface area is 130 Å². The van der Waals surface area contributed by atoms with Crippen LogP contribution >= 0.6 is 12.2 Å². The summed E-state index contributed by atoms with van der Waals surface area (Å²) < 4.78 is 0. The summed E-state index contributed by atoms with van der Waals surface area (Å²) in [5.41, 5.74) is 0.259. The number of carbonyl (C=O) groups excluding carboxylic acids is 1. The number of hydrogen-bond acceptors (Lipinski definition) is 5. The van der Waals surface area contributed by atoms with Crippen molar-refractivity contribution in [1.82, 2.24) is 5.32 Å². The number of nitro groups is 1. The second kappa shape index (κ2) is 6.64. The van der Waals surface area contributed by atoms with Crippen LogP contribution in [0.2, 0.25) is 0 Å². The molecular weight excluding hydrogens is 306 g/mol. The first-order valence-corrected chi connectivity index (χ1v) is 6.53. The Kier molecular flexibility index (Phi) is 4.64. The molecule has 2 rings (SSSR count). The average molecular weight is 317 g/mol. The Bertz CT molecular complexity index is 748. The number of nitro benzene ring substituents is 1. The molecule has 0 aromatic heterocycles.